The Balaban J connectivity index is 2.15. The molecular formula is C8H16Si. The molecule has 0 spiro atoms. The van der Waals surface area contributed by atoms with Crippen LogP contribution in [0.4, 0.5) is 0 Å². The lowest BCUT2D eigenvalue weighted by atomic mass is 10.0. The minimum Gasteiger partial charge on any atom is -0.108 e. The van der Waals surface area contributed by atoms with Crippen LogP contribution in [0.2, 0.25) is 5.54 Å². The largest absolute Gasteiger partial charge is 0.108 e. The first kappa shape index (κ1) is 7.07. The highest BCUT2D eigenvalue weighted by molar-refractivity contribution is 6.43. The third-order valence-corrected chi connectivity index (χ3v) is 4.04. The van der Waals surface area contributed by atoms with Crippen LogP contribution in [0.3, 0.4) is 0 Å². The molecular weight excluding hydrogens is 124 g/mol. The molecule has 0 amide bonds. The average Bonchev–Trinajstić information content (AvgIpc) is 1.91. The Morgan fingerprint density at radius 1 is 1.22 bits per heavy atom. The highest BCUT2D eigenvalue weighted by Gasteiger charge is 2.10. The normalized spacial score (nSPS) is 23.1. The molecule has 9 heavy (non-hydrogen) atoms. The van der Waals surface area contributed by atoms with E-state index < -0.39 is 0 Å². The molecule has 0 saturated heterocycles. The summed E-state index contributed by atoms with van der Waals surface area (Å²) in [5.41, 5.74) is 3.33. The van der Waals surface area contributed by atoms with Gasteiger partial charge in [-0.25, -0.2) is 0 Å². The standard InChI is InChI=1S/C8H16Si/c1-2-9-8-6-4-3-5-7-8/h2,8H,1,3-7,9H2. The van der Waals surface area contributed by atoms with Crippen molar-refractivity contribution in [3.63, 3.8) is 0 Å². The van der Waals surface area contributed by atoms with Gasteiger partial charge in [0, 0.05) is 9.52 Å². The topological polar surface area (TPSA) is 0 Å². The van der Waals surface area contributed by atoms with E-state index in [1.807, 2.05) is 0 Å². The van der Waals surface area contributed by atoms with Crippen molar-refractivity contribution in [3.05, 3.63) is 12.3 Å². The molecule has 1 aliphatic rings. The van der Waals surface area contributed by atoms with Gasteiger partial charge in [0.15, 0.2) is 0 Å². The van der Waals surface area contributed by atoms with E-state index in [1.165, 1.54) is 32.1 Å². The summed E-state index contributed by atoms with van der Waals surface area (Å²) < 4.78 is 0. The van der Waals surface area contributed by atoms with Crippen molar-refractivity contribution >= 4 is 9.52 Å². The molecule has 1 fully saturated rings. The van der Waals surface area contributed by atoms with E-state index in [0.29, 0.717) is 0 Å². The van der Waals surface area contributed by atoms with E-state index >= 15 is 0 Å². The van der Waals surface area contributed by atoms with Crippen LogP contribution < -0.4 is 0 Å². The second kappa shape index (κ2) is 3.88. The second-order valence-electron chi connectivity index (χ2n) is 3.03. The lowest BCUT2D eigenvalue weighted by molar-refractivity contribution is 0.502. The summed E-state index contributed by atoms with van der Waals surface area (Å²) in [7, 11) is 0.140. The van der Waals surface area contributed by atoms with E-state index in [1.54, 1.807) is 0 Å². The third-order valence-electron chi connectivity index (χ3n) is 2.22. The van der Waals surface area contributed by atoms with Crippen LogP contribution in [-0.2, 0) is 0 Å². The van der Waals surface area contributed by atoms with E-state index in [0.717, 1.165) is 5.54 Å². The first-order chi connectivity index (χ1) is 4.43. The lowest BCUT2D eigenvalue weighted by Gasteiger charge is -2.18. The fraction of sp³-hybridized carbons (Fsp3) is 0.750. The van der Waals surface area contributed by atoms with Crippen LogP contribution in [0.15, 0.2) is 12.3 Å². The first-order valence-electron chi connectivity index (χ1n) is 4.04. The SMILES string of the molecule is C=C[SiH2]C1CCCCC1. The van der Waals surface area contributed by atoms with Gasteiger partial charge in [0.05, 0.1) is 0 Å². The van der Waals surface area contributed by atoms with Gasteiger partial charge in [0.25, 0.3) is 0 Å². The van der Waals surface area contributed by atoms with Gasteiger partial charge in [-0.2, -0.15) is 0 Å². The van der Waals surface area contributed by atoms with E-state index in [9.17, 15) is 0 Å². The predicted molar refractivity (Wildman–Crippen MR) is 45.6 cm³/mol. The summed E-state index contributed by atoms with van der Waals surface area (Å²) in [6.07, 6.45) is 7.50. The molecule has 1 rings (SSSR count). The van der Waals surface area contributed by atoms with Crippen molar-refractivity contribution in [2.75, 3.05) is 0 Å². The molecule has 0 unspecified atom stereocenters. The maximum absolute atomic E-state index is 3.82. The molecule has 1 aliphatic carbocycles. The Morgan fingerprint density at radius 2 is 1.89 bits per heavy atom. The van der Waals surface area contributed by atoms with Crippen molar-refractivity contribution in [1.29, 1.82) is 0 Å². The highest BCUT2D eigenvalue weighted by Crippen LogP contribution is 2.27. The second-order valence-corrected chi connectivity index (χ2v) is 5.23. The Hall–Kier alpha value is -0.0431. The molecule has 0 aromatic heterocycles. The van der Waals surface area contributed by atoms with Gasteiger partial charge >= 0.3 is 0 Å². The maximum Gasteiger partial charge on any atom is 0.0477 e. The fourth-order valence-corrected chi connectivity index (χ4v) is 3.18. The Kier molecular flexibility index (Phi) is 3.05. The molecule has 0 N–H and O–H groups in total. The molecule has 0 nitrogen and oxygen atoms in total. The molecule has 52 valence electrons. The van der Waals surface area contributed by atoms with Crippen LogP contribution in [-0.4, -0.2) is 9.52 Å². The molecule has 1 saturated carbocycles. The number of rotatable bonds is 2. The Bertz CT molecular complexity index is 82.6. The summed E-state index contributed by atoms with van der Waals surface area (Å²) in [6, 6.07) is 0. The molecule has 0 aromatic carbocycles. The number of hydrogen-bond donors (Lipinski definition) is 0. The molecule has 0 atom stereocenters. The minimum absolute atomic E-state index is 0.140. The highest BCUT2D eigenvalue weighted by atomic mass is 28.2. The molecule has 0 aromatic rings. The van der Waals surface area contributed by atoms with Crippen LogP contribution >= 0.6 is 0 Å². The van der Waals surface area contributed by atoms with Crippen LogP contribution in [0, 0.1) is 0 Å². The average molecular weight is 140 g/mol. The Labute approximate surface area is 60.2 Å². The van der Waals surface area contributed by atoms with Gasteiger partial charge in [0.2, 0.25) is 0 Å². The van der Waals surface area contributed by atoms with Crippen LogP contribution in [0.1, 0.15) is 32.1 Å². The summed E-state index contributed by atoms with van der Waals surface area (Å²) in [5.74, 6) is 0. The van der Waals surface area contributed by atoms with E-state index in [4.69, 9.17) is 0 Å². The Morgan fingerprint density at radius 3 is 2.44 bits per heavy atom. The lowest BCUT2D eigenvalue weighted by Crippen LogP contribution is -2.05. The van der Waals surface area contributed by atoms with Crippen molar-refractivity contribution < 1.29 is 0 Å². The number of hydrogen-bond acceptors (Lipinski definition) is 0. The molecule has 0 aliphatic heterocycles. The quantitative estimate of drug-likeness (QED) is 0.515. The van der Waals surface area contributed by atoms with E-state index in [2.05, 4.69) is 12.3 Å². The van der Waals surface area contributed by atoms with Gasteiger partial charge in [-0.15, -0.1) is 12.3 Å². The fourth-order valence-electron chi connectivity index (χ4n) is 1.66. The monoisotopic (exact) mass is 140 g/mol. The minimum atomic E-state index is 0.140. The van der Waals surface area contributed by atoms with Crippen molar-refractivity contribution in [1.82, 2.24) is 0 Å². The zero-order chi connectivity index (χ0) is 6.53. The smallest absolute Gasteiger partial charge is 0.0477 e. The van der Waals surface area contributed by atoms with Gasteiger partial charge in [-0.1, -0.05) is 32.1 Å². The van der Waals surface area contributed by atoms with Crippen LogP contribution in [0.25, 0.3) is 0 Å². The zero-order valence-electron chi connectivity index (χ0n) is 6.10. The molecule has 0 radical (unpaired) electrons. The molecule has 0 heterocycles. The van der Waals surface area contributed by atoms with Gasteiger partial charge in [0.1, 0.15) is 0 Å². The van der Waals surface area contributed by atoms with Gasteiger partial charge in [-0.05, 0) is 5.54 Å². The van der Waals surface area contributed by atoms with E-state index in [-0.39, 0.29) is 9.52 Å². The summed E-state index contributed by atoms with van der Waals surface area (Å²) >= 11 is 0. The van der Waals surface area contributed by atoms with Gasteiger partial charge < -0.3 is 0 Å². The van der Waals surface area contributed by atoms with Crippen molar-refractivity contribution in [2.24, 2.45) is 0 Å². The van der Waals surface area contributed by atoms with Crippen molar-refractivity contribution in [3.8, 4) is 0 Å². The molecule has 1 heteroatoms. The first-order valence-corrected chi connectivity index (χ1v) is 5.67. The van der Waals surface area contributed by atoms with Crippen LogP contribution in [0.5, 0.6) is 0 Å². The van der Waals surface area contributed by atoms with Crippen molar-refractivity contribution in [2.45, 2.75) is 37.6 Å². The maximum atomic E-state index is 3.82. The van der Waals surface area contributed by atoms with Gasteiger partial charge in [-0.3, -0.25) is 0 Å². The molecule has 0 bridgehead atoms. The summed E-state index contributed by atoms with van der Waals surface area (Å²) in [5, 5.41) is 0. The summed E-state index contributed by atoms with van der Waals surface area (Å²) in [6.45, 7) is 3.82. The summed E-state index contributed by atoms with van der Waals surface area (Å²) in [4.78, 5) is 0. The predicted octanol–water partition coefficient (Wildman–Crippen LogP) is 2.05. The third kappa shape index (κ3) is 2.35. The zero-order valence-corrected chi connectivity index (χ0v) is 7.52.